The first-order valence-electron chi connectivity index (χ1n) is 5.37. The number of rotatable bonds is 6. The molecule has 0 fully saturated rings. The van der Waals surface area contributed by atoms with Crippen molar-refractivity contribution in [1.29, 1.82) is 0 Å². The Balaban J connectivity index is 2.19. The number of ketones is 1. The Morgan fingerprint density at radius 3 is 2.50 bits per heavy atom. The Morgan fingerprint density at radius 2 is 1.88 bits per heavy atom. The van der Waals surface area contributed by atoms with Crippen LogP contribution in [0.1, 0.15) is 25.3 Å². The number of hydrogen-bond acceptors (Lipinski definition) is 3. The van der Waals surface area contributed by atoms with Gasteiger partial charge < -0.3 is 4.74 Å². The highest BCUT2D eigenvalue weighted by Crippen LogP contribution is 2.03. The van der Waals surface area contributed by atoms with Crippen molar-refractivity contribution in [3.05, 3.63) is 35.9 Å². The summed E-state index contributed by atoms with van der Waals surface area (Å²) in [6.07, 6.45) is 1.52. The number of esters is 1. The van der Waals surface area contributed by atoms with Crippen molar-refractivity contribution in [2.45, 2.75) is 26.2 Å². The molecule has 3 nitrogen and oxygen atoms in total. The molecule has 1 aromatic rings. The Kier molecular flexibility index (Phi) is 5.26. The van der Waals surface area contributed by atoms with Gasteiger partial charge in [-0.2, -0.15) is 0 Å². The third-order valence-electron chi connectivity index (χ3n) is 2.15. The average Bonchev–Trinajstić information content (AvgIpc) is 2.25. The molecule has 0 aromatic heterocycles. The summed E-state index contributed by atoms with van der Waals surface area (Å²) >= 11 is 0. The van der Waals surface area contributed by atoms with E-state index in [2.05, 4.69) is 0 Å². The molecule has 3 heteroatoms. The van der Waals surface area contributed by atoms with Gasteiger partial charge in [-0.3, -0.25) is 9.59 Å². The number of hydrogen-bond donors (Lipinski definition) is 0. The molecule has 1 aromatic carbocycles. The van der Waals surface area contributed by atoms with Gasteiger partial charge in [-0.15, -0.1) is 0 Å². The summed E-state index contributed by atoms with van der Waals surface area (Å²) in [5, 5.41) is 0. The van der Waals surface area contributed by atoms with Gasteiger partial charge in [-0.05, 0) is 12.0 Å². The molecule has 0 saturated heterocycles. The van der Waals surface area contributed by atoms with Crippen LogP contribution in [0, 0.1) is 0 Å². The molecular formula is C13H16O3. The van der Waals surface area contributed by atoms with E-state index in [1.807, 2.05) is 30.3 Å². The van der Waals surface area contributed by atoms with Crippen LogP contribution in [0.5, 0.6) is 0 Å². The summed E-state index contributed by atoms with van der Waals surface area (Å²) in [5.74, 6) is -0.117. The highest BCUT2D eigenvalue weighted by atomic mass is 16.5. The molecule has 0 radical (unpaired) electrons. The Hall–Kier alpha value is -1.64. The monoisotopic (exact) mass is 220 g/mol. The lowest BCUT2D eigenvalue weighted by atomic mass is 10.1. The highest BCUT2D eigenvalue weighted by molar-refractivity contribution is 5.80. The molecule has 0 aliphatic heterocycles. The van der Waals surface area contributed by atoms with Crippen LogP contribution < -0.4 is 0 Å². The van der Waals surface area contributed by atoms with Crippen molar-refractivity contribution in [1.82, 2.24) is 0 Å². The van der Waals surface area contributed by atoms with Crippen molar-refractivity contribution >= 4 is 11.8 Å². The average molecular weight is 220 g/mol. The minimum absolute atomic E-state index is 0.179. The molecule has 86 valence electrons. The van der Waals surface area contributed by atoms with Crippen LogP contribution in [0.15, 0.2) is 30.3 Å². The Labute approximate surface area is 95.4 Å². The maximum absolute atomic E-state index is 11.5. The zero-order valence-corrected chi connectivity index (χ0v) is 9.44. The second-order valence-corrected chi connectivity index (χ2v) is 3.64. The van der Waals surface area contributed by atoms with Gasteiger partial charge in [0.05, 0.1) is 6.61 Å². The summed E-state index contributed by atoms with van der Waals surface area (Å²) < 4.78 is 4.75. The van der Waals surface area contributed by atoms with Gasteiger partial charge in [0, 0.05) is 19.8 Å². The van der Waals surface area contributed by atoms with E-state index in [0.29, 0.717) is 25.9 Å². The maximum Gasteiger partial charge on any atom is 0.302 e. The van der Waals surface area contributed by atoms with Gasteiger partial charge in [-0.1, -0.05) is 30.3 Å². The Morgan fingerprint density at radius 1 is 1.19 bits per heavy atom. The van der Waals surface area contributed by atoms with Crippen molar-refractivity contribution in [2.24, 2.45) is 0 Å². The van der Waals surface area contributed by atoms with Gasteiger partial charge in [-0.25, -0.2) is 0 Å². The van der Waals surface area contributed by atoms with E-state index in [1.54, 1.807) is 0 Å². The van der Waals surface area contributed by atoms with Gasteiger partial charge >= 0.3 is 5.97 Å². The molecular weight excluding hydrogens is 204 g/mol. The van der Waals surface area contributed by atoms with E-state index < -0.39 is 0 Å². The van der Waals surface area contributed by atoms with Crippen LogP contribution in [0.4, 0.5) is 0 Å². The molecule has 0 N–H and O–H groups in total. The summed E-state index contributed by atoms with van der Waals surface area (Å²) in [6, 6.07) is 9.63. The van der Waals surface area contributed by atoms with Crippen LogP contribution in [0.25, 0.3) is 0 Å². The number of Topliss-reactive ketones (excluding diaryl/α,β-unsaturated/α-hetero) is 1. The molecule has 0 aliphatic rings. The fourth-order valence-electron chi connectivity index (χ4n) is 1.40. The second kappa shape index (κ2) is 6.77. The zero-order valence-electron chi connectivity index (χ0n) is 9.44. The molecule has 16 heavy (non-hydrogen) atoms. The van der Waals surface area contributed by atoms with Gasteiger partial charge in [0.1, 0.15) is 5.78 Å². The van der Waals surface area contributed by atoms with Crippen LogP contribution in [-0.4, -0.2) is 18.4 Å². The molecule has 0 amide bonds. The summed E-state index contributed by atoms with van der Waals surface area (Å²) in [7, 11) is 0. The van der Waals surface area contributed by atoms with E-state index in [4.69, 9.17) is 4.74 Å². The van der Waals surface area contributed by atoms with Crippen LogP contribution in [0.3, 0.4) is 0 Å². The first-order chi connectivity index (χ1) is 7.68. The van der Waals surface area contributed by atoms with Crippen molar-refractivity contribution in [2.75, 3.05) is 6.61 Å². The fourth-order valence-corrected chi connectivity index (χ4v) is 1.40. The Bertz CT molecular complexity index is 343. The minimum atomic E-state index is -0.296. The van der Waals surface area contributed by atoms with Gasteiger partial charge in [0.25, 0.3) is 0 Å². The normalized spacial score (nSPS) is 9.81. The largest absolute Gasteiger partial charge is 0.466 e. The van der Waals surface area contributed by atoms with E-state index in [-0.39, 0.29) is 11.8 Å². The third-order valence-corrected chi connectivity index (χ3v) is 2.15. The van der Waals surface area contributed by atoms with Crippen LogP contribution in [0.2, 0.25) is 0 Å². The predicted octanol–water partition coefficient (Wildman–Crippen LogP) is 2.14. The third kappa shape index (κ3) is 5.29. The highest BCUT2D eigenvalue weighted by Gasteiger charge is 2.03. The minimum Gasteiger partial charge on any atom is -0.466 e. The van der Waals surface area contributed by atoms with Crippen molar-refractivity contribution in [3.8, 4) is 0 Å². The first-order valence-corrected chi connectivity index (χ1v) is 5.37. The van der Waals surface area contributed by atoms with Gasteiger partial charge in [0.15, 0.2) is 0 Å². The molecule has 1 rings (SSSR count). The first kappa shape index (κ1) is 12.4. The standard InChI is InChI=1S/C13H16O3/c1-11(14)16-9-5-8-13(15)10-12-6-3-2-4-7-12/h2-4,6-7H,5,8-10H2,1H3. The lowest BCUT2D eigenvalue weighted by Gasteiger charge is -2.02. The zero-order chi connectivity index (χ0) is 11.8. The summed E-state index contributed by atoms with van der Waals surface area (Å²) in [5.41, 5.74) is 1.03. The van der Waals surface area contributed by atoms with E-state index in [9.17, 15) is 9.59 Å². The maximum atomic E-state index is 11.5. The summed E-state index contributed by atoms with van der Waals surface area (Å²) in [6.45, 7) is 1.70. The molecule has 0 saturated carbocycles. The quantitative estimate of drug-likeness (QED) is 0.545. The van der Waals surface area contributed by atoms with E-state index >= 15 is 0 Å². The lowest BCUT2D eigenvalue weighted by molar-refractivity contribution is -0.141. The van der Waals surface area contributed by atoms with E-state index in [0.717, 1.165) is 5.56 Å². The smallest absolute Gasteiger partial charge is 0.302 e. The van der Waals surface area contributed by atoms with Crippen LogP contribution >= 0.6 is 0 Å². The molecule has 0 heterocycles. The SMILES string of the molecule is CC(=O)OCCCC(=O)Cc1ccccc1. The predicted molar refractivity (Wildman–Crippen MR) is 61.0 cm³/mol. The van der Waals surface area contributed by atoms with E-state index in [1.165, 1.54) is 6.92 Å². The lowest BCUT2D eigenvalue weighted by Crippen LogP contribution is -2.06. The molecule has 0 unspecified atom stereocenters. The van der Waals surface area contributed by atoms with Gasteiger partial charge in [0.2, 0.25) is 0 Å². The number of carbonyl (C=O) groups excluding carboxylic acids is 2. The number of benzene rings is 1. The molecule has 0 spiro atoms. The molecule has 0 atom stereocenters. The second-order valence-electron chi connectivity index (χ2n) is 3.64. The number of ether oxygens (including phenoxy) is 1. The molecule has 0 bridgehead atoms. The molecule has 0 aliphatic carbocycles. The topological polar surface area (TPSA) is 43.4 Å². The fraction of sp³-hybridized carbons (Fsp3) is 0.385. The summed E-state index contributed by atoms with van der Waals surface area (Å²) in [4.78, 5) is 22.0. The van der Waals surface area contributed by atoms with Crippen molar-refractivity contribution in [3.63, 3.8) is 0 Å². The number of carbonyl (C=O) groups is 2. The van der Waals surface area contributed by atoms with Crippen molar-refractivity contribution < 1.29 is 14.3 Å². The van der Waals surface area contributed by atoms with Crippen LogP contribution in [-0.2, 0) is 20.7 Å².